The topological polar surface area (TPSA) is 50.6 Å². The number of carbonyl (C=O) groups excluding carboxylic acids is 1. The first-order chi connectivity index (χ1) is 15.2. The number of hydrogen-bond acceptors (Lipinski definition) is 5. The molecule has 11 heteroatoms. The van der Waals surface area contributed by atoms with Gasteiger partial charge in [0.05, 0.1) is 24.5 Å². The second kappa shape index (κ2) is 8.44. The summed E-state index contributed by atoms with van der Waals surface area (Å²) in [6.07, 6.45) is -1.42. The molecule has 2 aromatic rings. The Balaban J connectivity index is 1.46. The smallest absolute Gasteiger partial charge is 0.384 e. The maximum absolute atomic E-state index is 14.0. The van der Waals surface area contributed by atoms with E-state index < -0.39 is 23.5 Å². The number of carbonyl (C=O) groups is 1. The molecule has 0 aliphatic carbocycles. The first kappa shape index (κ1) is 22.1. The van der Waals surface area contributed by atoms with Gasteiger partial charge in [-0.2, -0.15) is 18.3 Å². The summed E-state index contributed by atoms with van der Waals surface area (Å²) in [6.45, 7) is 2.06. The summed E-state index contributed by atoms with van der Waals surface area (Å²) in [5, 5.41) is 4.75. The maximum Gasteiger partial charge on any atom is 0.437 e. The van der Waals surface area contributed by atoms with Gasteiger partial charge < -0.3 is 14.5 Å². The lowest BCUT2D eigenvalue weighted by Crippen LogP contribution is -2.36. The quantitative estimate of drug-likeness (QED) is 0.498. The number of para-hydroxylation sites is 1. The summed E-state index contributed by atoms with van der Waals surface area (Å²) in [5.41, 5.74) is -1.02. The second-order valence-corrected chi connectivity index (χ2v) is 7.72. The fraction of sp³-hybridized carbons (Fsp3) is 0.429. The van der Waals surface area contributed by atoms with Crippen LogP contribution in [0.3, 0.4) is 0 Å². The zero-order valence-corrected chi connectivity index (χ0v) is 17.2. The standard InChI is InChI=1S/C21H21F5N4O2/c1-13-18(20(21(24,25)26)27-29(13)11-12-31)28-8-5-14(6-9-28)17-7-10-30(32-17)19-15(22)3-2-4-16(19)23/h2-4,7,12,14H,5-6,8-11H2,1H3. The molecule has 0 atom stereocenters. The van der Waals surface area contributed by atoms with E-state index in [1.54, 1.807) is 11.0 Å². The van der Waals surface area contributed by atoms with E-state index in [0.29, 0.717) is 38.0 Å². The Morgan fingerprint density at radius 1 is 1.16 bits per heavy atom. The van der Waals surface area contributed by atoms with Gasteiger partial charge in [0.1, 0.15) is 17.7 Å². The number of halogens is 5. The monoisotopic (exact) mass is 456 g/mol. The predicted molar refractivity (Wildman–Crippen MR) is 106 cm³/mol. The van der Waals surface area contributed by atoms with Crippen LogP contribution >= 0.6 is 0 Å². The lowest BCUT2D eigenvalue weighted by Gasteiger charge is -2.34. The van der Waals surface area contributed by atoms with Gasteiger partial charge in [-0.1, -0.05) is 6.07 Å². The molecule has 0 radical (unpaired) electrons. The molecule has 0 saturated carbocycles. The van der Waals surface area contributed by atoms with Crippen LogP contribution in [0.15, 0.2) is 30.0 Å². The third kappa shape index (κ3) is 4.03. The van der Waals surface area contributed by atoms with Crippen molar-refractivity contribution in [1.82, 2.24) is 9.78 Å². The van der Waals surface area contributed by atoms with E-state index in [9.17, 15) is 26.7 Å². The number of allylic oxidation sites excluding steroid dienone is 1. The molecule has 6 nitrogen and oxygen atoms in total. The van der Waals surface area contributed by atoms with Gasteiger partial charge >= 0.3 is 6.18 Å². The lowest BCUT2D eigenvalue weighted by atomic mass is 9.94. The highest BCUT2D eigenvalue weighted by atomic mass is 19.4. The van der Waals surface area contributed by atoms with Crippen LogP contribution in [-0.4, -0.2) is 35.7 Å². The molecule has 0 amide bonds. The van der Waals surface area contributed by atoms with E-state index in [0.717, 1.165) is 21.9 Å². The fourth-order valence-electron chi connectivity index (χ4n) is 4.22. The van der Waals surface area contributed by atoms with E-state index in [-0.39, 0.29) is 36.1 Å². The zero-order chi connectivity index (χ0) is 23.0. The van der Waals surface area contributed by atoms with Crippen LogP contribution in [-0.2, 0) is 22.4 Å². The number of nitrogens with zero attached hydrogens (tertiary/aromatic N) is 4. The van der Waals surface area contributed by atoms with Gasteiger partial charge in [-0.15, -0.1) is 0 Å². The number of rotatable bonds is 5. The highest BCUT2D eigenvalue weighted by molar-refractivity contribution is 5.58. The third-order valence-electron chi connectivity index (χ3n) is 5.77. The fourth-order valence-corrected chi connectivity index (χ4v) is 4.22. The Morgan fingerprint density at radius 3 is 2.41 bits per heavy atom. The van der Waals surface area contributed by atoms with Gasteiger partial charge in [-0.05, 0) is 38.0 Å². The molecule has 1 aromatic carbocycles. The van der Waals surface area contributed by atoms with Crippen molar-refractivity contribution >= 4 is 17.7 Å². The van der Waals surface area contributed by atoms with E-state index in [4.69, 9.17) is 4.84 Å². The molecule has 4 rings (SSSR count). The summed E-state index contributed by atoms with van der Waals surface area (Å²) in [6, 6.07) is 3.55. The Hall–Kier alpha value is -3.11. The summed E-state index contributed by atoms with van der Waals surface area (Å²) in [7, 11) is 0. The first-order valence-corrected chi connectivity index (χ1v) is 10.1. The number of hydroxylamine groups is 1. The molecule has 0 bridgehead atoms. The average molecular weight is 456 g/mol. The van der Waals surface area contributed by atoms with Crippen LogP contribution in [0.1, 0.15) is 24.2 Å². The van der Waals surface area contributed by atoms with Crippen molar-refractivity contribution in [3.05, 3.63) is 53.1 Å². The molecular formula is C21H21F5N4O2. The zero-order valence-electron chi connectivity index (χ0n) is 17.2. The number of anilines is 2. The number of aromatic nitrogens is 2. The van der Waals surface area contributed by atoms with Gasteiger partial charge in [0, 0.05) is 19.0 Å². The Bertz CT molecular complexity index is 1020. The number of hydrogen-bond donors (Lipinski definition) is 0. The summed E-state index contributed by atoms with van der Waals surface area (Å²) >= 11 is 0. The molecule has 0 unspecified atom stereocenters. The maximum atomic E-state index is 14.0. The molecule has 1 aromatic heterocycles. The lowest BCUT2D eigenvalue weighted by molar-refractivity contribution is -0.141. The predicted octanol–water partition coefficient (Wildman–Crippen LogP) is 4.24. The first-order valence-electron chi connectivity index (χ1n) is 10.1. The molecule has 2 aliphatic rings. The van der Waals surface area contributed by atoms with E-state index in [2.05, 4.69) is 5.10 Å². The Morgan fingerprint density at radius 2 is 1.81 bits per heavy atom. The van der Waals surface area contributed by atoms with Crippen molar-refractivity contribution in [3.63, 3.8) is 0 Å². The van der Waals surface area contributed by atoms with Crippen molar-refractivity contribution in [1.29, 1.82) is 0 Å². The molecular weight excluding hydrogens is 435 g/mol. The molecule has 1 saturated heterocycles. The van der Waals surface area contributed by atoms with Gasteiger partial charge in [0.2, 0.25) is 0 Å². The summed E-state index contributed by atoms with van der Waals surface area (Å²) in [5.74, 6) is -1.02. The number of aldehydes is 1. The number of alkyl halides is 3. The summed E-state index contributed by atoms with van der Waals surface area (Å²) in [4.78, 5) is 18.1. The van der Waals surface area contributed by atoms with Crippen LogP contribution in [0.5, 0.6) is 0 Å². The molecule has 172 valence electrons. The van der Waals surface area contributed by atoms with E-state index in [1.165, 1.54) is 13.0 Å². The molecule has 3 heterocycles. The minimum absolute atomic E-state index is 0.0193. The number of piperidine rings is 1. The van der Waals surface area contributed by atoms with Crippen molar-refractivity contribution in [2.45, 2.75) is 32.5 Å². The van der Waals surface area contributed by atoms with Crippen molar-refractivity contribution in [2.24, 2.45) is 5.92 Å². The Labute approximate surface area is 180 Å². The highest BCUT2D eigenvalue weighted by Crippen LogP contribution is 2.40. The highest BCUT2D eigenvalue weighted by Gasteiger charge is 2.41. The molecule has 0 spiro atoms. The minimum Gasteiger partial charge on any atom is -0.384 e. The van der Waals surface area contributed by atoms with Crippen molar-refractivity contribution in [3.8, 4) is 0 Å². The molecule has 2 aliphatic heterocycles. The van der Waals surface area contributed by atoms with Crippen molar-refractivity contribution < 1.29 is 31.6 Å². The SMILES string of the molecule is Cc1c(N2CCC(C3=CCN(c4c(F)cccc4F)O3)CC2)c(C(F)(F)F)nn1CC=O. The van der Waals surface area contributed by atoms with Gasteiger partial charge in [-0.3, -0.25) is 4.68 Å². The molecule has 0 N–H and O–H groups in total. The molecule has 32 heavy (non-hydrogen) atoms. The van der Waals surface area contributed by atoms with Crippen LogP contribution in [0.2, 0.25) is 0 Å². The van der Waals surface area contributed by atoms with Crippen LogP contribution in [0, 0.1) is 24.5 Å². The van der Waals surface area contributed by atoms with Crippen molar-refractivity contribution in [2.75, 3.05) is 29.6 Å². The second-order valence-electron chi connectivity index (χ2n) is 7.72. The third-order valence-corrected chi connectivity index (χ3v) is 5.77. The summed E-state index contributed by atoms with van der Waals surface area (Å²) < 4.78 is 69.7. The normalized spacial score (nSPS) is 17.5. The van der Waals surface area contributed by atoms with Crippen LogP contribution in [0.25, 0.3) is 0 Å². The van der Waals surface area contributed by atoms with E-state index >= 15 is 0 Å². The minimum atomic E-state index is -4.65. The van der Waals surface area contributed by atoms with Gasteiger partial charge in [-0.25, -0.2) is 13.8 Å². The Kier molecular flexibility index (Phi) is 5.83. The van der Waals surface area contributed by atoms with Crippen LogP contribution in [0.4, 0.5) is 33.3 Å². The molecule has 1 fully saturated rings. The van der Waals surface area contributed by atoms with Gasteiger partial charge in [0.25, 0.3) is 0 Å². The average Bonchev–Trinajstić information content (AvgIpc) is 3.34. The van der Waals surface area contributed by atoms with Crippen LogP contribution < -0.4 is 9.96 Å². The number of benzene rings is 1. The van der Waals surface area contributed by atoms with Gasteiger partial charge in [0.15, 0.2) is 17.3 Å². The largest absolute Gasteiger partial charge is 0.437 e. The van der Waals surface area contributed by atoms with E-state index in [1.807, 2.05) is 0 Å².